The minimum Gasteiger partial charge on any atom is -0.369 e. The van der Waals surface area contributed by atoms with Crippen LogP contribution in [0.5, 0.6) is 0 Å². The van der Waals surface area contributed by atoms with Gasteiger partial charge in [0.2, 0.25) is 0 Å². The molecule has 5 rings (SSSR count). The molecule has 128 valence electrons. The van der Waals surface area contributed by atoms with E-state index in [2.05, 4.69) is 26.8 Å². The lowest BCUT2D eigenvalue weighted by Gasteiger charge is -2.56. The van der Waals surface area contributed by atoms with Gasteiger partial charge in [0.15, 0.2) is 0 Å². The van der Waals surface area contributed by atoms with Gasteiger partial charge in [-0.25, -0.2) is 0 Å². The van der Waals surface area contributed by atoms with E-state index < -0.39 is 0 Å². The third kappa shape index (κ3) is 1.95. The van der Waals surface area contributed by atoms with Gasteiger partial charge in [-0.05, 0) is 99.2 Å². The van der Waals surface area contributed by atoms with Crippen LogP contribution in [0, 0.1) is 40.9 Å². The summed E-state index contributed by atoms with van der Waals surface area (Å²) in [5.41, 5.74) is 2.69. The van der Waals surface area contributed by atoms with Gasteiger partial charge in [-0.15, -0.1) is 0 Å². The number of hydrogen-bond donors (Lipinski definition) is 0. The summed E-state index contributed by atoms with van der Waals surface area (Å²) < 4.78 is 5.94. The predicted octanol–water partition coefficient (Wildman–Crippen LogP) is 5.60. The van der Waals surface area contributed by atoms with E-state index in [0.717, 1.165) is 42.1 Å². The van der Waals surface area contributed by atoms with Crippen LogP contribution < -0.4 is 0 Å². The fourth-order valence-corrected chi connectivity index (χ4v) is 7.94. The zero-order valence-electron chi connectivity index (χ0n) is 15.3. The third-order valence-electron chi connectivity index (χ3n) is 9.36. The van der Waals surface area contributed by atoms with Crippen LogP contribution in [0.15, 0.2) is 11.6 Å². The van der Waals surface area contributed by atoms with Crippen molar-refractivity contribution in [2.45, 2.75) is 77.7 Å². The van der Waals surface area contributed by atoms with E-state index in [4.69, 9.17) is 4.74 Å². The summed E-state index contributed by atoms with van der Waals surface area (Å²) in [6.45, 7) is 8.44. The largest absolute Gasteiger partial charge is 0.369 e. The second-order valence-electron chi connectivity index (χ2n) is 9.94. The first kappa shape index (κ1) is 15.0. The maximum atomic E-state index is 5.94. The number of epoxide rings is 1. The Kier molecular flexibility index (Phi) is 3.17. The monoisotopic (exact) mass is 314 g/mol. The summed E-state index contributed by atoms with van der Waals surface area (Å²) >= 11 is 0. The minimum absolute atomic E-state index is 0.336. The van der Waals surface area contributed by atoms with Gasteiger partial charge >= 0.3 is 0 Å². The zero-order chi connectivity index (χ0) is 15.8. The molecule has 4 aliphatic carbocycles. The van der Waals surface area contributed by atoms with Gasteiger partial charge in [-0.2, -0.15) is 0 Å². The summed E-state index contributed by atoms with van der Waals surface area (Å²) in [4.78, 5) is 0. The molecule has 0 unspecified atom stereocenters. The van der Waals surface area contributed by atoms with Crippen molar-refractivity contribution in [1.29, 1.82) is 0 Å². The van der Waals surface area contributed by atoms with Crippen molar-refractivity contribution in [2.24, 2.45) is 40.9 Å². The molecule has 4 saturated carbocycles. The topological polar surface area (TPSA) is 12.5 Å². The van der Waals surface area contributed by atoms with E-state index in [9.17, 15) is 0 Å². The van der Waals surface area contributed by atoms with Gasteiger partial charge in [0.1, 0.15) is 0 Å². The van der Waals surface area contributed by atoms with Crippen LogP contribution in [0.3, 0.4) is 0 Å². The van der Waals surface area contributed by atoms with Crippen molar-refractivity contribution in [3.05, 3.63) is 11.6 Å². The molecule has 1 saturated heterocycles. The van der Waals surface area contributed by atoms with Crippen molar-refractivity contribution in [2.75, 3.05) is 6.61 Å². The summed E-state index contributed by atoms with van der Waals surface area (Å²) in [5.74, 6) is 5.90. The highest BCUT2D eigenvalue weighted by Crippen LogP contribution is 2.65. The Morgan fingerprint density at radius 2 is 1.91 bits per heavy atom. The van der Waals surface area contributed by atoms with Crippen LogP contribution in [0.4, 0.5) is 0 Å². The molecule has 0 aromatic rings. The van der Waals surface area contributed by atoms with Crippen molar-refractivity contribution >= 4 is 0 Å². The number of hydrogen-bond acceptors (Lipinski definition) is 1. The van der Waals surface area contributed by atoms with E-state index >= 15 is 0 Å². The van der Waals surface area contributed by atoms with Crippen LogP contribution in [0.25, 0.3) is 0 Å². The molecular weight excluding hydrogens is 280 g/mol. The van der Waals surface area contributed by atoms with E-state index in [1.807, 2.05) is 0 Å². The molecule has 8 atom stereocenters. The van der Waals surface area contributed by atoms with Gasteiger partial charge in [-0.3, -0.25) is 0 Å². The van der Waals surface area contributed by atoms with Crippen molar-refractivity contribution in [3.63, 3.8) is 0 Å². The van der Waals surface area contributed by atoms with E-state index in [0.29, 0.717) is 11.0 Å². The fourth-order valence-electron chi connectivity index (χ4n) is 7.94. The summed E-state index contributed by atoms with van der Waals surface area (Å²) in [7, 11) is 0. The number of fused-ring (bicyclic) bond motifs is 5. The van der Waals surface area contributed by atoms with Crippen molar-refractivity contribution in [1.82, 2.24) is 0 Å². The van der Waals surface area contributed by atoms with E-state index in [1.54, 1.807) is 5.57 Å². The SMILES string of the molecule is CC=C1CC[C@H]2[C@@H]3CC[C@H]4C[C@@]5(CO5)[C@H](C)C[C@@H]4[C@H]3CC[C@]12C. The van der Waals surface area contributed by atoms with Crippen molar-refractivity contribution < 1.29 is 4.74 Å². The molecule has 1 heteroatoms. The smallest absolute Gasteiger partial charge is 0.0944 e. The van der Waals surface area contributed by atoms with Crippen LogP contribution in [-0.4, -0.2) is 12.2 Å². The van der Waals surface area contributed by atoms with Crippen LogP contribution in [-0.2, 0) is 4.74 Å². The first-order valence-electron chi connectivity index (χ1n) is 10.4. The molecule has 0 radical (unpaired) electrons. The maximum Gasteiger partial charge on any atom is 0.0944 e. The number of allylic oxidation sites excluding steroid dienone is 2. The highest BCUT2D eigenvalue weighted by atomic mass is 16.6. The predicted molar refractivity (Wildman–Crippen MR) is 94.1 cm³/mol. The summed E-state index contributed by atoms with van der Waals surface area (Å²) in [5, 5.41) is 0. The highest BCUT2D eigenvalue weighted by Gasteiger charge is 2.60. The number of rotatable bonds is 0. The molecule has 23 heavy (non-hydrogen) atoms. The molecule has 5 fully saturated rings. The second kappa shape index (κ2) is 4.87. The molecule has 0 aromatic carbocycles. The van der Waals surface area contributed by atoms with E-state index in [1.165, 1.54) is 51.4 Å². The normalized spacial score (nSPS) is 59.5. The average molecular weight is 315 g/mol. The lowest BCUT2D eigenvalue weighted by atomic mass is 9.49. The molecule has 0 amide bonds. The van der Waals surface area contributed by atoms with Gasteiger partial charge in [0, 0.05) is 0 Å². The quantitative estimate of drug-likeness (QED) is 0.419. The summed E-state index contributed by atoms with van der Waals surface area (Å²) in [6.07, 6.45) is 14.2. The zero-order valence-corrected chi connectivity index (χ0v) is 15.3. The lowest BCUT2D eigenvalue weighted by Crippen LogP contribution is -2.50. The fraction of sp³-hybridized carbons (Fsp3) is 0.909. The third-order valence-corrected chi connectivity index (χ3v) is 9.36. The average Bonchev–Trinajstić information content (AvgIpc) is 3.22. The molecule has 1 spiro atoms. The van der Waals surface area contributed by atoms with Gasteiger partial charge in [0.05, 0.1) is 12.2 Å². The van der Waals surface area contributed by atoms with Gasteiger partial charge < -0.3 is 4.74 Å². The Morgan fingerprint density at radius 1 is 1.09 bits per heavy atom. The first-order chi connectivity index (χ1) is 11.1. The minimum atomic E-state index is 0.336. The Labute approximate surface area is 142 Å². The molecule has 5 aliphatic rings. The van der Waals surface area contributed by atoms with Crippen molar-refractivity contribution in [3.8, 4) is 0 Å². The first-order valence-corrected chi connectivity index (χ1v) is 10.4. The standard InChI is InChI=1S/C22H34O/c1-4-16-6-8-20-18-7-5-15-12-22(13-23-22)14(2)11-19(15)17(18)9-10-21(16,20)3/h4,14-15,17-20H,5-13H2,1-3H3/t14-,15+,17+,18-,19+,20+,21-,22-/m1/s1. The molecular formula is C22H34O. The second-order valence-corrected chi connectivity index (χ2v) is 9.94. The van der Waals surface area contributed by atoms with Crippen LogP contribution >= 0.6 is 0 Å². The Morgan fingerprint density at radius 3 is 2.65 bits per heavy atom. The maximum absolute atomic E-state index is 5.94. The molecule has 1 heterocycles. The van der Waals surface area contributed by atoms with E-state index in [-0.39, 0.29) is 0 Å². The highest BCUT2D eigenvalue weighted by molar-refractivity contribution is 5.23. The van der Waals surface area contributed by atoms with Gasteiger partial charge in [0.25, 0.3) is 0 Å². The molecule has 1 aliphatic heterocycles. The Hall–Kier alpha value is -0.300. The van der Waals surface area contributed by atoms with Crippen LogP contribution in [0.1, 0.15) is 72.1 Å². The molecule has 0 bridgehead atoms. The summed E-state index contributed by atoms with van der Waals surface area (Å²) in [6, 6.07) is 0. The van der Waals surface area contributed by atoms with Crippen LogP contribution in [0.2, 0.25) is 0 Å². The Bertz CT molecular complexity index is 530. The van der Waals surface area contributed by atoms with Gasteiger partial charge in [-0.1, -0.05) is 25.5 Å². The lowest BCUT2D eigenvalue weighted by molar-refractivity contribution is -0.0647. The number of ether oxygens (including phenoxy) is 1. The molecule has 0 N–H and O–H groups in total. The molecule has 1 nitrogen and oxygen atoms in total. The Balaban J connectivity index is 1.41. The molecule has 0 aromatic heterocycles.